The molecular formula is C22H19NO4. The van der Waals surface area contributed by atoms with Crippen LogP contribution in [0.25, 0.3) is 21.9 Å². The minimum absolute atomic E-state index is 0.232. The molecule has 4 rings (SSSR count). The predicted octanol–water partition coefficient (Wildman–Crippen LogP) is 3.92. The molecule has 0 unspecified atom stereocenters. The Hall–Kier alpha value is -3.34. The van der Waals surface area contributed by atoms with E-state index in [0.717, 1.165) is 21.9 Å². The molecule has 0 atom stereocenters. The van der Waals surface area contributed by atoms with Gasteiger partial charge in [-0.25, -0.2) is 4.79 Å². The molecule has 3 aromatic carbocycles. The van der Waals surface area contributed by atoms with Crippen LogP contribution in [0.15, 0.2) is 75.9 Å². The second-order valence-electron chi connectivity index (χ2n) is 6.38. The van der Waals surface area contributed by atoms with Crippen LogP contribution in [-0.4, -0.2) is 17.1 Å². The molecule has 1 aromatic heterocycles. The summed E-state index contributed by atoms with van der Waals surface area (Å²) in [6.45, 7) is 0.701. The molecule has 5 heteroatoms. The number of aryl methyl sites for hydroxylation is 1. The van der Waals surface area contributed by atoms with E-state index in [1.165, 1.54) is 0 Å². The van der Waals surface area contributed by atoms with Crippen molar-refractivity contribution in [3.63, 3.8) is 0 Å². The topological polar surface area (TPSA) is 61.4 Å². The Kier molecular flexibility index (Phi) is 4.75. The van der Waals surface area contributed by atoms with Crippen LogP contribution in [0.1, 0.15) is 12.0 Å². The molecule has 0 radical (unpaired) electrons. The molecule has 0 N–H and O–H groups in total. The van der Waals surface area contributed by atoms with E-state index in [9.17, 15) is 9.59 Å². The normalized spacial score (nSPS) is 11.1. The van der Waals surface area contributed by atoms with Gasteiger partial charge < -0.3 is 9.15 Å². The van der Waals surface area contributed by atoms with Gasteiger partial charge >= 0.3 is 11.7 Å². The third kappa shape index (κ3) is 3.62. The molecule has 0 bridgehead atoms. The number of carbonyl (C=O) groups excluding carboxylic acids is 1. The molecule has 0 saturated heterocycles. The van der Waals surface area contributed by atoms with E-state index in [2.05, 4.69) is 0 Å². The Balaban J connectivity index is 1.34. The standard InChI is InChI=1S/C22H19NO4/c24-21(15-17-9-5-8-16-7-1-2-10-18(16)17)26-14-6-13-23-19-11-3-4-12-20(19)27-22(23)25/h1-5,7-12H,6,13-15H2. The summed E-state index contributed by atoms with van der Waals surface area (Å²) in [6.07, 6.45) is 0.778. The van der Waals surface area contributed by atoms with Crippen molar-refractivity contribution < 1.29 is 13.9 Å². The maximum Gasteiger partial charge on any atom is 0.419 e. The number of oxazole rings is 1. The predicted molar refractivity (Wildman–Crippen MR) is 104 cm³/mol. The second-order valence-corrected chi connectivity index (χ2v) is 6.38. The van der Waals surface area contributed by atoms with Crippen molar-refractivity contribution in [3.8, 4) is 0 Å². The zero-order valence-corrected chi connectivity index (χ0v) is 14.8. The van der Waals surface area contributed by atoms with Crippen LogP contribution in [0.3, 0.4) is 0 Å². The van der Waals surface area contributed by atoms with Gasteiger partial charge in [0.15, 0.2) is 5.58 Å². The SMILES string of the molecule is O=C(Cc1cccc2ccccc12)OCCCn1c(=O)oc2ccccc21. The summed E-state index contributed by atoms with van der Waals surface area (Å²) in [4.78, 5) is 24.1. The summed E-state index contributed by atoms with van der Waals surface area (Å²) in [5.74, 6) is -0.658. The Morgan fingerprint density at radius 1 is 0.963 bits per heavy atom. The highest BCUT2D eigenvalue weighted by atomic mass is 16.5. The first-order valence-corrected chi connectivity index (χ1v) is 8.93. The summed E-state index contributed by atoms with van der Waals surface area (Å²) in [7, 11) is 0. The highest BCUT2D eigenvalue weighted by Gasteiger charge is 2.10. The number of para-hydroxylation sites is 2. The lowest BCUT2D eigenvalue weighted by Gasteiger charge is -2.08. The Morgan fingerprint density at radius 3 is 2.67 bits per heavy atom. The van der Waals surface area contributed by atoms with Crippen LogP contribution >= 0.6 is 0 Å². The van der Waals surface area contributed by atoms with Gasteiger partial charge in [0.05, 0.1) is 18.5 Å². The van der Waals surface area contributed by atoms with Gasteiger partial charge in [0.1, 0.15) is 0 Å². The number of nitrogens with zero attached hydrogens (tertiary/aromatic N) is 1. The molecule has 0 spiro atoms. The van der Waals surface area contributed by atoms with Crippen molar-refractivity contribution in [2.45, 2.75) is 19.4 Å². The first kappa shape index (κ1) is 17.1. The molecule has 0 fully saturated rings. The second kappa shape index (κ2) is 7.50. The molecule has 0 aliphatic heterocycles. The van der Waals surface area contributed by atoms with Gasteiger partial charge in [-0.2, -0.15) is 0 Å². The van der Waals surface area contributed by atoms with E-state index in [0.29, 0.717) is 18.5 Å². The van der Waals surface area contributed by atoms with Crippen LogP contribution in [0, 0.1) is 0 Å². The van der Waals surface area contributed by atoms with Gasteiger partial charge in [-0.05, 0) is 34.9 Å². The quantitative estimate of drug-likeness (QED) is 0.386. The van der Waals surface area contributed by atoms with Gasteiger partial charge in [0.25, 0.3) is 0 Å². The van der Waals surface area contributed by atoms with Crippen molar-refractivity contribution in [2.24, 2.45) is 0 Å². The molecule has 0 amide bonds. The number of benzene rings is 3. The first-order valence-electron chi connectivity index (χ1n) is 8.93. The Morgan fingerprint density at radius 2 is 1.74 bits per heavy atom. The van der Waals surface area contributed by atoms with Gasteiger partial charge in [-0.15, -0.1) is 0 Å². The minimum atomic E-state index is -0.390. The highest BCUT2D eigenvalue weighted by Crippen LogP contribution is 2.19. The lowest BCUT2D eigenvalue weighted by atomic mass is 10.0. The molecule has 1 heterocycles. The van der Waals surface area contributed by atoms with E-state index in [4.69, 9.17) is 9.15 Å². The zero-order valence-electron chi connectivity index (χ0n) is 14.8. The van der Waals surface area contributed by atoms with Crippen LogP contribution in [-0.2, 0) is 22.5 Å². The number of esters is 1. The first-order chi connectivity index (χ1) is 13.2. The maximum atomic E-state index is 12.2. The van der Waals surface area contributed by atoms with Crippen LogP contribution < -0.4 is 5.76 Å². The van der Waals surface area contributed by atoms with Crippen LogP contribution in [0.2, 0.25) is 0 Å². The average molecular weight is 361 g/mol. The van der Waals surface area contributed by atoms with Crippen molar-refractivity contribution >= 4 is 27.8 Å². The molecule has 0 saturated carbocycles. The smallest absolute Gasteiger partial charge is 0.419 e. The molecule has 136 valence electrons. The zero-order chi connectivity index (χ0) is 18.6. The fraction of sp³-hybridized carbons (Fsp3) is 0.182. The number of carbonyl (C=O) groups is 1. The van der Waals surface area contributed by atoms with Crippen molar-refractivity contribution in [3.05, 3.63) is 82.8 Å². The molecule has 27 heavy (non-hydrogen) atoms. The minimum Gasteiger partial charge on any atom is -0.465 e. The monoisotopic (exact) mass is 361 g/mol. The third-order valence-electron chi connectivity index (χ3n) is 4.58. The molecule has 0 aliphatic rings. The van der Waals surface area contributed by atoms with E-state index in [1.807, 2.05) is 60.7 Å². The Bertz CT molecular complexity index is 1150. The van der Waals surface area contributed by atoms with Crippen molar-refractivity contribution in [1.29, 1.82) is 0 Å². The molecule has 5 nitrogen and oxygen atoms in total. The summed E-state index contributed by atoms with van der Waals surface area (Å²) in [5, 5.41) is 2.17. The van der Waals surface area contributed by atoms with Gasteiger partial charge in [0.2, 0.25) is 0 Å². The number of fused-ring (bicyclic) bond motifs is 2. The molecule has 4 aromatic rings. The fourth-order valence-corrected chi connectivity index (χ4v) is 3.29. The van der Waals surface area contributed by atoms with E-state index < -0.39 is 5.76 Å². The van der Waals surface area contributed by atoms with E-state index in [-0.39, 0.29) is 19.0 Å². The summed E-state index contributed by atoms with van der Waals surface area (Å²) < 4.78 is 12.1. The lowest BCUT2D eigenvalue weighted by molar-refractivity contribution is -0.142. The maximum absolute atomic E-state index is 12.2. The molecular weight excluding hydrogens is 342 g/mol. The van der Waals surface area contributed by atoms with Crippen LogP contribution in [0.5, 0.6) is 0 Å². The van der Waals surface area contributed by atoms with E-state index >= 15 is 0 Å². The third-order valence-corrected chi connectivity index (χ3v) is 4.58. The van der Waals surface area contributed by atoms with Crippen LogP contribution in [0.4, 0.5) is 0 Å². The summed E-state index contributed by atoms with van der Waals surface area (Å²) in [5.41, 5.74) is 2.27. The average Bonchev–Trinajstić information content (AvgIpc) is 3.01. The number of hydrogen-bond donors (Lipinski definition) is 0. The number of aromatic nitrogens is 1. The Labute approximate surface area is 155 Å². The lowest BCUT2D eigenvalue weighted by Crippen LogP contribution is -2.16. The molecule has 0 aliphatic carbocycles. The largest absolute Gasteiger partial charge is 0.465 e. The fourth-order valence-electron chi connectivity index (χ4n) is 3.29. The van der Waals surface area contributed by atoms with Gasteiger partial charge in [-0.1, -0.05) is 54.6 Å². The number of ether oxygens (including phenoxy) is 1. The van der Waals surface area contributed by atoms with Crippen molar-refractivity contribution in [1.82, 2.24) is 4.57 Å². The highest BCUT2D eigenvalue weighted by molar-refractivity contribution is 5.88. The number of hydrogen-bond acceptors (Lipinski definition) is 4. The summed E-state index contributed by atoms with van der Waals surface area (Å²) in [6, 6.07) is 21.2. The van der Waals surface area contributed by atoms with Crippen molar-refractivity contribution in [2.75, 3.05) is 6.61 Å². The van der Waals surface area contributed by atoms with Gasteiger partial charge in [0, 0.05) is 6.54 Å². The number of rotatable bonds is 6. The summed E-state index contributed by atoms with van der Waals surface area (Å²) >= 11 is 0. The van der Waals surface area contributed by atoms with Gasteiger partial charge in [-0.3, -0.25) is 9.36 Å². The van der Waals surface area contributed by atoms with E-state index in [1.54, 1.807) is 10.6 Å².